The SMILES string of the molecule is CC(C)N1Cc2cccnc2C1.CCC(C)N1Cc2cc(F)cnc2C1. The predicted octanol–water partition coefficient (Wildman–Crippen LogP) is 4.14. The highest BCUT2D eigenvalue weighted by Gasteiger charge is 2.23. The Morgan fingerprint density at radius 2 is 1.69 bits per heavy atom. The molecule has 2 aliphatic heterocycles. The van der Waals surface area contributed by atoms with E-state index in [0.29, 0.717) is 12.1 Å². The maximum Gasteiger partial charge on any atom is 0.141 e. The van der Waals surface area contributed by atoms with Crippen molar-refractivity contribution in [3.8, 4) is 0 Å². The summed E-state index contributed by atoms with van der Waals surface area (Å²) >= 11 is 0. The van der Waals surface area contributed by atoms with Crippen molar-refractivity contribution >= 4 is 0 Å². The number of pyridine rings is 2. The van der Waals surface area contributed by atoms with Gasteiger partial charge < -0.3 is 0 Å². The topological polar surface area (TPSA) is 32.3 Å². The van der Waals surface area contributed by atoms with Crippen LogP contribution in [0, 0.1) is 5.82 Å². The summed E-state index contributed by atoms with van der Waals surface area (Å²) in [6.07, 6.45) is 4.30. The normalized spacial score (nSPS) is 17.6. The van der Waals surface area contributed by atoms with E-state index in [-0.39, 0.29) is 5.82 Å². The largest absolute Gasteiger partial charge is 0.291 e. The molecule has 5 heteroatoms. The fourth-order valence-electron chi connectivity index (χ4n) is 3.42. The first-order valence-electron chi connectivity index (χ1n) is 9.52. The van der Waals surface area contributed by atoms with Crippen molar-refractivity contribution in [3.63, 3.8) is 0 Å². The van der Waals surface area contributed by atoms with E-state index in [1.165, 1.54) is 17.5 Å². The lowest BCUT2D eigenvalue weighted by Crippen LogP contribution is -2.26. The van der Waals surface area contributed by atoms with Gasteiger partial charge in [0.05, 0.1) is 17.6 Å². The fraction of sp³-hybridized carbons (Fsp3) is 0.524. The molecule has 0 fully saturated rings. The van der Waals surface area contributed by atoms with E-state index in [1.54, 1.807) is 6.07 Å². The summed E-state index contributed by atoms with van der Waals surface area (Å²) in [7, 11) is 0. The van der Waals surface area contributed by atoms with Gasteiger partial charge in [0.15, 0.2) is 0 Å². The molecule has 4 rings (SSSR count). The van der Waals surface area contributed by atoms with E-state index in [1.807, 2.05) is 12.3 Å². The van der Waals surface area contributed by atoms with Crippen molar-refractivity contribution in [1.29, 1.82) is 0 Å². The molecule has 0 N–H and O–H groups in total. The maximum absolute atomic E-state index is 12.9. The van der Waals surface area contributed by atoms with Crippen molar-refractivity contribution < 1.29 is 4.39 Å². The third kappa shape index (κ3) is 4.27. The third-order valence-corrected chi connectivity index (χ3v) is 5.41. The van der Waals surface area contributed by atoms with Crippen LogP contribution in [0.3, 0.4) is 0 Å². The Hall–Kier alpha value is -1.85. The summed E-state index contributed by atoms with van der Waals surface area (Å²) in [5.74, 6) is -0.227. The fourth-order valence-corrected chi connectivity index (χ4v) is 3.42. The first-order valence-corrected chi connectivity index (χ1v) is 9.52. The van der Waals surface area contributed by atoms with Gasteiger partial charge in [-0.15, -0.1) is 0 Å². The third-order valence-electron chi connectivity index (χ3n) is 5.41. The molecule has 2 aromatic heterocycles. The van der Waals surface area contributed by atoms with Gasteiger partial charge in [0, 0.05) is 44.5 Å². The van der Waals surface area contributed by atoms with Crippen molar-refractivity contribution in [1.82, 2.24) is 19.8 Å². The van der Waals surface area contributed by atoms with E-state index in [2.05, 4.69) is 53.5 Å². The van der Waals surface area contributed by atoms with Crippen molar-refractivity contribution in [2.75, 3.05) is 0 Å². The van der Waals surface area contributed by atoms with E-state index in [0.717, 1.165) is 43.9 Å². The van der Waals surface area contributed by atoms with Crippen molar-refractivity contribution in [2.45, 2.75) is 72.4 Å². The molecule has 2 aliphatic rings. The van der Waals surface area contributed by atoms with Crippen LogP contribution < -0.4 is 0 Å². The maximum atomic E-state index is 12.9. The van der Waals surface area contributed by atoms with Crippen LogP contribution in [-0.4, -0.2) is 31.9 Å². The second-order valence-electron chi connectivity index (χ2n) is 7.53. The zero-order valence-corrected chi connectivity index (χ0v) is 16.2. The summed E-state index contributed by atoms with van der Waals surface area (Å²) in [4.78, 5) is 13.2. The molecule has 26 heavy (non-hydrogen) atoms. The van der Waals surface area contributed by atoms with Crippen LogP contribution >= 0.6 is 0 Å². The van der Waals surface area contributed by atoms with Gasteiger partial charge in [-0.05, 0) is 50.5 Å². The number of rotatable bonds is 3. The van der Waals surface area contributed by atoms with Crippen molar-refractivity contribution in [3.05, 3.63) is 58.9 Å². The van der Waals surface area contributed by atoms with E-state index in [9.17, 15) is 4.39 Å². The highest BCUT2D eigenvalue weighted by molar-refractivity contribution is 5.24. The molecule has 4 heterocycles. The minimum Gasteiger partial charge on any atom is -0.291 e. The Morgan fingerprint density at radius 3 is 2.38 bits per heavy atom. The molecule has 1 unspecified atom stereocenters. The smallest absolute Gasteiger partial charge is 0.141 e. The molecular formula is C21H29FN4. The number of halogens is 1. The number of hydrogen-bond donors (Lipinski definition) is 0. The summed E-state index contributed by atoms with van der Waals surface area (Å²) in [6, 6.07) is 6.96. The Morgan fingerprint density at radius 1 is 1.00 bits per heavy atom. The first kappa shape index (κ1) is 18.9. The summed E-state index contributed by atoms with van der Waals surface area (Å²) in [6.45, 7) is 12.6. The average Bonchev–Trinajstić information content (AvgIpc) is 3.25. The van der Waals surface area contributed by atoms with Crippen LogP contribution in [-0.2, 0) is 26.2 Å². The van der Waals surface area contributed by atoms with Gasteiger partial charge in [-0.2, -0.15) is 0 Å². The Balaban J connectivity index is 0.000000152. The van der Waals surface area contributed by atoms with Gasteiger partial charge >= 0.3 is 0 Å². The first-order chi connectivity index (χ1) is 12.5. The zero-order chi connectivity index (χ0) is 18.7. The van der Waals surface area contributed by atoms with Gasteiger partial charge in [-0.1, -0.05) is 13.0 Å². The predicted molar refractivity (Wildman–Crippen MR) is 102 cm³/mol. The molecule has 4 nitrogen and oxygen atoms in total. The molecule has 0 aliphatic carbocycles. The molecule has 0 amide bonds. The van der Waals surface area contributed by atoms with Crippen LogP contribution in [0.25, 0.3) is 0 Å². The molecule has 0 bridgehead atoms. The summed E-state index contributed by atoms with van der Waals surface area (Å²) in [5, 5.41) is 0. The van der Waals surface area contributed by atoms with Crippen LogP contribution in [0.4, 0.5) is 4.39 Å². The highest BCUT2D eigenvalue weighted by Crippen LogP contribution is 2.24. The Labute approximate surface area is 156 Å². The summed E-state index contributed by atoms with van der Waals surface area (Å²) in [5.41, 5.74) is 4.73. The van der Waals surface area contributed by atoms with Crippen LogP contribution in [0.2, 0.25) is 0 Å². The number of fused-ring (bicyclic) bond motifs is 2. The van der Waals surface area contributed by atoms with Crippen LogP contribution in [0.15, 0.2) is 30.6 Å². The molecular weight excluding hydrogens is 327 g/mol. The van der Waals surface area contributed by atoms with Crippen LogP contribution in [0.1, 0.15) is 56.6 Å². The standard InChI is InChI=1S/C11H15FN2.C10H14N2/c1-3-8(2)14-6-9-4-10(12)5-13-11(9)7-14;1-8(2)12-6-9-4-3-5-11-10(9)7-12/h4-5,8H,3,6-7H2,1-2H3;3-5,8H,6-7H2,1-2H3. The van der Waals surface area contributed by atoms with Gasteiger partial charge in [0.25, 0.3) is 0 Å². The molecule has 0 aromatic carbocycles. The molecule has 0 saturated carbocycles. The number of aromatic nitrogens is 2. The lowest BCUT2D eigenvalue weighted by molar-refractivity contribution is 0.207. The molecule has 0 spiro atoms. The monoisotopic (exact) mass is 356 g/mol. The van der Waals surface area contributed by atoms with Gasteiger partial charge in [-0.25, -0.2) is 4.39 Å². The van der Waals surface area contributed by atoms with Gasteiger partial charge in [0.1, 0.15) is 5.82 Å². The van der Waals surface area contributed by atoms with E-state index >= 15 is 0 Å². The lowest BCUT2D eigenvalue weighted by atomic mass is 10.2. The molecule has 0 radical (unpaired) electrons. The summed E-state index contributed by atoms with van der Waals surface area (Å²) < 4.78 is 12.9. The van der Waals surface area contributed by atoms with Gasteiger partial charge in [0.2, 0.25) is 0 Å². The second-order valence-corrected chi connectivity index (χ2v) is 7.53. The van der Waals surface area contributed by atoms with Crippen molar-refractivity contribution in [2.24, 2.45) is 0 Å². The Kier molecular flexibility index (Phi) is 5.99. The molecule has 1 atom stereocenters. The second kappa shape index (κ2) is 8.23. The molecule has 2 aromatic rings. The highest BCUT2D eigenvalue weighted by atomic mass is 19.1. The number of nitrogens with zero attached hydrogens (tertiary/aromatic N) is 4. The molecule has 140 valence electrons. The quantitative estimate of drug-likeness (QED) is 0.827. The molecule has 0 saturated heterocycles. The number of hydrogen-bond acceptors (Lipinski definition) is 4. The Bertz CT molecular complexity index is 722. The average molecular weight is 356 g/mol. The zero-order valence-electron chi connectivity index (χ0n) is 16.2. The lowest BCUT2D eigenvalue weighted by Gasteiger charge is -2.21. The van der Waals surface area contributed by atoms with E-state index < -0.39 is 0 Å². The minimum absolute atomic E-state index is 0.227. The van der Waals surface area contributed by atoms with Gasteiger partial charge in [-0.3, -0.25) is 19.8 Å². The van der Waals surface area contributed by atoms with Crippen LogP contribution in [0.5, 0.6) is 0 Å². The minimum atomic E-state index is -0.227. The van der Waals surface area contributed by atoms with E-state index in [4.69, 9.17) is 0 Å².